The van der Waals surface area contributed by atoms with Gasteiger partial charge in [-0.3, -0.25) is 9.59 Å². The molecule has 25 heavy (non-hydrogen) atoms. The second kappa shape index (κ2) is 9.20. The minimum atomic E-state index is 0. The second-order valence-corrected chi connectivity index (χ2v) is 6.97. The Kier molecular flexibility index (Phi) is 7.26. The molecule has 2 aliphatic rings. The van der Waals surface area contributed by atoms with Crippen molar-refractivity contribution < 1.29 is 9.59 Å². The molecule has 138 valence electrons. The van der Waals surface area contributed by atoms with Crippen LogP contribution in [0.15, 0.2) is 24.3 Å². The van der Waals surface area contributed by atoms with Crippen LogP contribution in [-0.2, 0) is 16.0 Å². The number of halogens is 1. The van der Waals surface area contributed by atoms with Crippen LogP contribution < -0.4 is 15.5 Å². The summed E-state index contributed by atoms with van der Waals surface area (Å²) in [5.74, 6) is 1.28. The number of fused-ring (bicyclic) bond motifs is 1. The van der Waals surface area contributed by atoms with E-state index in [0.717, 1.165) is 37.2 Å². The Labute approximate surface area is 155 Å². The van der Waals surface area contributed by atoms with E-state index in [-0.39, 0.29) is 24.2 Å². The number of amides is 2. The number of carbonyl (C=O) groups is 2. The molecule has 2 amide bonds. The first-order valence-corrected chi connectivity index (χ1v) is 9.01. The van der Waals surface area contributed by atoms with E-state index in [0.29, 0.717) is 37.8 Å². The molecule has 1 unspecified atom stereocenters. The van der Waals surface area contributed by atoms with E-state index in [1.54, 1.807) is 4.90 Å². The van der Waals surface area contributed by atoms with Gasteiger partial charge in [-0.25, -0.2) is 0 Å². The number of nitrogens with one attached hydrogen (secondary N) is 2. The normalized spacial score (nSPS) is 18.4. The predicted octanol–water partition coefficient (Wildman–Crippen LogP) is 2.14. The first kappa shape index (κ1) is 19.7. The zero-order valence-corrected chi connectivity index (χ0v) is 15.6. The molecule has 1 aromatic carbocycles. The Morgan fingerprint density at radius 2 is 2.04 bits per heavy atom. The molecule has 0 radical (unpaired) electrons. The lowest BCUT2D eigenvalue weighted by Gasteiger charge is -2.28. The van der Waals surface area contributed by atoms with Crippen LogP contribution in [0.2, 0.25) is 0 Å². The van der Waals surface area contributed by atoms with Crippen LogP contribution in [-0.4, -0.2) is 38.0 Å². The van der Waals surface area contributed by atoms with Gasteiger partial charge >= 0.3 is 0 Å². The Hall–Kier alpha value is -1.59. The number of anilines is 1. The van der Waals surface area contributed by atoms with E-state index < -0.39 is 0 Å². The van der Waals surface area contributed by atoms with Crippen molar-refractivity contribution in [3.8, 4) is 0 Å². The maximum Gasteiger partial charge on any atom is 0.231 e. The number of para-hydroxylation sites is 1. The number of hydrogen-bond acceptors (Lipinski definition) is 3. The topological polar surface area (TPSA) is 61.4 Å². The third kappa shape index (κ3) is 4.95. The molecule has 0 bridgehead atoms. The van der Waals surface area contributed by atoms with E-state index in [1.165, 1.54) is 0 Å². The van der Waals surface area contributed by atoms with Crippen molar-refractivity contribution in [1.82, 2.24) is 10.6 Å². The fraction of sp³-hybridized carbons (Fsp3) is 0.579. The molecular formula is C19H28ClN3O2. The highest BCUT2D eigenvalue weighted by Gasteiger charge is 2.26. The minimum absolute atomic E-state index is 0. The number of benzene rings is 1. The van der Waals surface area contributed by atoms with Gasteiger partial charge in [-0.1, -0.05) is 25.1 Å². The molecule has 2 heterocycles. The summed E-state index contributed by atoms with van der Waals surface area (Å²) >= 11 is 0. The Balaban J connectivity index is 0.00000225. The summed E-state index contributed by atoms with van der Waals surface area (Å²) in [6, 6.07) is 7.87. The van der Waals surface area contributed by atoms with Gasteiger partial charge in [0, 0.05) is 25.2 Å². The highest BCUT2D eigenvalue weighted by atomic mass is 35.5. The van der Waals surface area contributed by atoms with E-state index in [2.05, 4.69) is 17.6 Å². The lowest BCUT2D eigenvalue weighted by Crippen LogP contribution is -2.38. The lowest BCUT2D eigenvalue weighted by molar-refractivity contribution is -0.122. The highest BCUT2D eigenvalue weighted by molar-refractivity contribution is 6.01. The zero-order valence-electron chi connectivity index (χ0n) is 14.8. The molecule has 0 aliphatic carbocycles. The summed E-state index contributed by atoms with van der Waals surface area (Å²) in [6.07, 6.45) is 3.37. The van der Waals surface area contributed by atoms with Gasteiger partial charge in [0.15, 0.2) is 0 Å². The van der Waals surface area contributed by atoms with Crippen LogP contribution in [0, 0.1) is 11.8 Å². The van der Waals surface area contributed by atoms with Gasteiger partial charge in [0.25, 0.3) is 0 Å². The largest absolute Gasteiger partial charge is 0.354 e. The highest BCUT2D eigenvalue weighted by Crippen LogP contribution is 2.28. The number of hydrogen-bond donors (Lipinski definition) is 2. The van der Waals surface area contributed by atoms with E-state index in [4.69, 9.17) is 0 Å². The SMILES string of the molecule is CC(CC(=O)NCCN1C(=O)Cc2ccccc21)C1CCNCC1.Cl. The molecular weight excluding hydrogens is 338 g/mol. The maximum absolute atomic E-state index is 12.2. The molecule has 2 aliphatic heterocycles. The average molecular weight is 366 g/mol. The molecule has 1 saturated heterocycles. The molecule has 1 fully saturated rings. The number of piperidine rings is 1. The van der Waals surface area contributed by atoms with Gasteiger partial charge in [-0.2, -0.15) is 0 Å². The molecule has 5 nitrogen and oxygen atoms in total. The van der Waals surface area contributed by atoms with Crippen LogP contribution >= 0.6 is 12.4 Å². The second-order valence-electron chi connectivity index (χ2n) is 6.97. The number of nitrogens with zero attached hydrogens (tertiary/aromatic N) is 1. The maximum atomic E-state index is 12.2. The first-order chi connectivity index (χ1) is 11.6. The standard InChI is InChI=1S/C19H27N3O2.ClH/c1-14(15-6-8-20-9-7-15)12-18(23)21-10-11-22-17-5-3-2-4-16(17)13-19(22)24;/h2-5,14-15,20H,6-13H2,1H3,(H,21,23);1H. The van der Waals surface area contributed by atoms with Crippen molar-refractivity contribution in [1.29, 1.82) is 0 Å². The summed E-state index contributed by atoms with van der Waals surface area (Å²) in [5.41, 5.74) is 2.06. The summed E-state index contributed by atoms with van der Waals surface area (Å²) in [4.78, 5) is 26.0. The molecule has 1 atom stereocenters. The lowest BCUT2D eigenvalue weighted by atomic mass is 9.84. The van der Waals surface area contributed by atoms with Gasteiger partial charge in [0.1, 0.15) is 0 Å². The molecule has 0 aromatic heterocycles. The molecule has 1 aromatic rings. The molecule has 2 N–H and O–H groups in total. The van der Waals surface area contributed by atoms with Crippen molar-refractivity contribution in [2.75, 3.05) is 31.1 Å². The smallest absolute Gasteiger partial charge is 0.231 e. The summed E-state index contributed by atoms with van der Waals surface area (Å²) in [5, 5.41) is 6.35. The van der Waals surface area contributed by atoms with E-state index in [1.807, 2.05) is 24.3 Å². The molecule has 0 saturated carbocycles. The summed E-state index contributed by atoms with van der Waals surface area (Å²) < 4.78 is 0. The monoisotopic (exact) mass is 365 g/mol. The number of carbonyl (C=O) groups excluding carboxylic acids is 2. The Morgan fingerprint density at radius 3 is 2.80 bits per heavy atom. The van der Waals surface area contributed by atoms with Gasteiger partial charge in [0.2, 0.25) is 11.8 Å². The third-order valence-corrected chi connectivity index (χ3v) is 5.28. The van der Waals surface area contributed by atoms with E-state index in [9.17, 15) is 9.59 Å². The zero-order chi connectivity index (χ0) is 16.9. The first-order valence-electron chi connectivity index (χ1n) is 9.01. The van der Waals surface area contributed by atoms with Crippen molar-refractivity contribution in [3.63, 3.8) is 0 Å². The van der Waals surface area contributed by atoms with Gasteiger partial charge in [-0.05, 0) is 49.4 Å². The van der Waals surface area contributed by atoms with Gasteiger partial charge < -0.3 is 15.5 Å². The molecule has 3 rings (SSSR count). The summed E-state index contributed by atoms with van der Waals surface area (Å²) in [6.45, 7) is 5.36. The van der Waals surface area contributed by atoms with Gasteiger partial charge in [-0.15, -0.1) is 12.4 Å². The fourth-order valence-electron chi connectivity index (χ4n) is 3.81. The number of rotatable bonds is 6. The third-order valence-electron chi connectivity index (χ3n) is 5.28. The van der Waals surface area contributed by atoms with Crippen molar-refractivity contribution in [2.45, 2.75) is 32.6 Å². The summed E-state index contributed by atoms with van der Waals surface area (Å²) in [7, 11) is 0. The van der Waals surface area contributed by atoms with Gasteiger partial charge in [0.05, 0.1) is 6.42 Å². The fourth-order valence-corrected chi connectivity index (χ4v) is 3.81. The van der Waals surface area contributed by atoms with Crippen molar-refractivity contribution in [3.05, 3.63) is 29.8 Å². The van der Waals surface area contributed by atoms with Crippen LogP contribution in [0.3, 0.4) is 0 Å². The Bertz CT molecular complexity index is 602. The van der Waals surface area contributed by atoms with Crippen molar-refractivity contribution in [2.24, 2.45) is 11.8 Å². The molecule has 6 heteroatoms. The van der Waals surface area contributed by atoms with Crippen LogP contribution in [0.4, 0.5) is 5.69 Å². The van der Waals surface area contributed by atoms with Crippen molar-refractivity contribution >= 4 is 29.9 Å². The Morgan fingerprint density at radius 1 is 1.32 bits per heavy atom. The molecule has 0 spiro atoms. The van der Waals surface area contributed by atoms with E-state index >= 15 is 0 Å². The quantitative estimate of drug-likeness (QED) is 0.812. The van der Waals surface area contributed by atoms with Crippen LogP contribution in [0.5, 0.6) is 0 Å². The average Bonchev–Trinajstić information content (AvgIpc) is 2.91. The van der Waals surface area contributed by atoms with Crippen LogP contribution in [0.25, 0.3) is 0 Å². The minimum Gasteiger partial charge on any atom is -0.354 e. The van der Waals surface area contributed by atoms with Crippen LogP contribution in [0.1, 0.15) is 31.7 Å². The predicted molar refractivity (Wildman–Crippen MR) is 102 cm³/mol.